The predicted molar refractivity (Wildman–Crippen MR) is 108 cm³/mol. The number of hydrogen-bond donors (Lipinski definition) is 2. The van der Waals surface area contributed by atoms with Gasteiger partial charge in [-0.25, -0.2) is 4.39 Å². The molecule has 0 aliphatic carbocycles. The Kier molecular flexibility index (Phi) is 8.10. The number of nitrogens with zero attached hydrogens (tertiary/aromatic N) is 2. The van der Waals surface area contributed by atoms with Crippen LogP contribution in [-0.2, 0) is 4.79 Å². The van der Waals surface area contributed by atoms with Gasteiger partial charge < -0.3 is 16.8 Å². The summed E-state index contributed by atoms with van der Waals surface area (Å²) < 4.78 is 12.9. The number of Topliss-reactive ketones (excluding diaryl/α,β-unsaturated/α-hetero) is 1. The summed E-state index contributed by atoms with van der Waals surface area (Å²) in [6.07, 6.45) is 6.29. The van der Waals surface area contributed by atoms with Crippen LogP contribution in [0.25, 0.3) is 0 Å². The molecule has 1 aromatic carbocycles. The highest BCUT2D eigenvalue weighted by Gasteiger charge is 2.44. The molecule has 28 heavy (non-hydrogen) atoms. The molecular weight excluding hydrogens is 359 g/mol. The maximum absolute atomic E-state index is 12.9. The largest absolute Gasteiger partial charge is 0.368 e. The van der Waals surface area contributed by atoms with Crippen LogP contribution in [0.1, 0.15) is 55.3 Å². The molecule has 1 amide bonds. The van der Waals surface area contributed by atoms with Crippen LogP contribution in [0.15, 0.2) is 24.3 Å². The maximum atomic E-state index is 12.9. The van der Waals surface area contributed by atoms with E-state index in [0.717, 1.165) is 64.8 Å². The molecule has 6 nitrogen and oxygen atoms in total. The van der Waals surface area contributed by atoms with Crippen LogP contribution >= 0.6 is 0 Å². The minimum atomic E-state index is -0.485. The van der Waals surface area contributed by atoms with E-state index in [0.29, 0.717) is 12.0 Å². The van der Waals surface area contributed by atoms with Gasteiger partial charge in [0.05, 0.1) is 0 Å². The molecule has 0 saturated carbocycles. The average Bonchev–Trinajstić information content (AvgIpc) is 2.69. The predicted octanol–water partition coefficient (Wildman–Crippen LogP) is 2.76. The van der Waals surface area contributed by atoms with Gasteiger partial charge in [-0.3, -0.25) is 14.5 Å². The highest BCUT2D eigenvalue weighted by Crippen LogP contribution is 2.31. The molecule has 3 rings (SSSR count). The maximum Gasteiger partial charge on any atom is 0.238 e. The SMILES string of the molecule is N.NC(=O)C1(N2CCCCC2)CCN(CCCC(=O)c2ccc(F)cc2)CC1. The number of piperidine rings is 2. The third-order valence-corrected chi connectivity index (χ3v) is 6.15. The topological polar surface area (TPSA) is 102 Å². The molecule has 2 heterocycles. The summed E-state index contributed by atoms with van der Waals surface area (Å²) >= 11 is 0. The van der Waals surface area contributed by atoms with Crippen LogP contribution in [0, 0.1) is 5.82 Å². The molecule has 0 radical (unpaired) electrons. The molecule has 0 bridgehead atoms. The number of hydrogen-bond acceptors (Lipinski definition) is 5. The lowest BCUT2D eigenvalue weighted by Gasteiger charge is -2.48. The van der Waals surface area contributed by atoms with Gasteiger partial charge in [0.1, 0.15) is 11.4 Å². The van der Waals surface area contributed by atoms with E-state index in [1.54, 1.807) is 12.1 Å². The Balaban J connectivity index is 0.00000280. The van der Waals surface area contributed by atoms with Gasteiger partial charge >= 0.3 is 0 Å². The van der Waals surface area contributed by atoms with Gasteiger partial charge in [0.2, 0.25) is 5.91 Å². The van der Waals surface area contributed by atoms with Crippen molar-refractivity contribution in [1.29, 1.82) is 0 Å². The van der Waals surface area contributed by atoms with E-state index >= 15 is 0 Å². The fourth-order valence-electron chi connectivity index (χ4n) is 4.43. The van der Waals surface area contributed by atoms with Crippen LogP contribution in [-0.4, -0.2) is 59.8 Å². The van der Waals surface area contributed by atoms with Gasteiger partial charge in [-0.2, -0.15) is 0 Å². The minimum Gasteiger partial charge on any atom is -0.368 e. The number of halogens is 1. The summed E-state index contributed by atoms with van der Waals surface area (Å²) in [6, 6.07) is 5.72. The van der Waals surface area contributed by atoms with E-state index in [1.165, 1.54) is 18.6 Å². The third-order valence-electron chi connectivity index (χ3n) is 6.15. The zero-order valence-electron chi connectivity index (χ0n) is 16.7. The van der Waals surface area contributed by atoms with Crippen molar-refractivity contribution in [3.63, 3.8) is 0 Å². The van der Waals surface area contributed by atoms with Gasteiger partial charge in [0, 0.05) is 25.1 Å². The fourth-order valence-corrected chi connectivity index (χ4v) is 4.43. The number of benzene rings is 1. The highest BCUT2D eigenvalue weighted by molar-refractivity contribution is 5.95. The van der Waals surface area contributed by atoms with E-state index < -0.39 is 5.54 Å². The standard InChI is InChI=1S/C21H30FN3O2.H3N/c22-18-8-6-17(7-9-18)19(26)5-4-12-24-15-10-21(11-16-24,20(23)27)25-13-2-1-3-14-25;/h6-9H,1-5,10-16H2,(H2,23,27);1H3. The van der Waals surface area contributed by atoms with Crippen molar-refractivity contribution in [3.05, 3.63) is 35.6 Å². The van der Waals surface area contributed by atoms with Crippen molar-refractivity contribution >= 4 is 11.7 Å². The first-order valence-corrected chi connectivity index (χ1v) is 10.1. The number of ketones is 1. The first-order valence-electron chi connectivity index (χ1n) is 10.1. The number of primary amides is 1. The Hall–Kier alpha value is -1.83. The monoisotopic (exact) mass is 392 g/mol. The van der Waals surface area contributed by atoms with Crippen molar-refractivity contribution in [2.24, 2.45) is 5.73 Å². The first-order chi connectivity index (χ1) is 13.0. The Bertz CT molecular complexity index is 651. The van der Waals surface area contributed by atoms with Gasteiger partial charge in [-0.15, -0.1) is 0 Å². The second kappa shape index (κ2) is 10.1. The number of nitrogens with two attached hydrogens (primary N) is 1. The molecule has 2 aliphatic rings. The Morgan fingerprint density at radius 3 is 2.18 bits per heavy atom. The summed E-state index contributed by atoms with van der Waals surface area (Å²) in [5.74, 6) is -0.464. The van der Waals surface area contributed by atoms with Crippen molar-refractivity contribution in [2.75, 3.05) is 32.7 Å². The van der Waals surface area contributed by atoms with Gasteiger partial charge in [0.25, 0.3) is 0 Å². The van der Waals surface area contributed by atoms with E-state index in [9.17, 15) is 14.0 Å². The molecule has 7 heteroatoms. The van der Waals surface area contributed by atoms with Gasteiger partial charge in [0.15, 0.2) is 5.78 Å². The lowest BCUT2D eigenvalue weighted by molar-refractivity contribution is -0.134. The van der Waals surface area contributed by atoms with E-state index in [-0.39, 0.29) is 23.7 Å². The number of rotatable bonds is 7. The van der Waals surface area contributed by atoms with Crippen LogP contribution in [0.5, 0.6) is 0 Å². The minimum absolute atomic E-state index is 0. The lowest BCUT2D eigenvalue weighted by atomic mass is 9.83. The molecule has 0 unspecified atom stereocenters. The number of likely N-dealkylation sites (tertiary alicyclic amines) is 2. The average molecular weight is 393 g/mol. The van der Waals surface area contributed by atoms with E-state index in [4.69, 9.17) is 5.73 Å². The van der Waals surface area contributed by atoms with Crippen LogP contribution in [0.4, 0.5) is 4.39 Å². The van der Waals surface area contributed by atoms with Gasteiger partial charge in [-0.1, -0.05) is 6.42 Å². The van der Waals surface area contributed by atoms with E-state index in [1.807, 2.05) is 0 Å². The second-order valence-corrected chi connectivity index (χ2v) is 7.82. The molecule has 0 aromatic heterocycles. The van der Waals surface area contributed by atoms with Crippen LogP contribution < -0.4 is 11.9 Å². The van der Waals surface area contributed by atoms with Crippen LogP contribution in [0.3, 0.4) is 0 Å². The molecular formula is C21H33FN4O2. The number of carbonyl (C=O) groups is 2. The summed E-state index contributed by atoms with van der Waals surface area (Å²) in [5.41, 5.74) is 5.90. The summed E-state index contributed by atoms with van der Waals surface area (Å²) in [7, 11) is 0. The third kappa shape index (κ3) is 5.16. The molecule has 0 atom stereocenters. The molecule has 156 valence electrons. The smallest absolute Gasteiger partial charge is 0.238 e. The zero-order valence-corrected chi connectivity index (χ0v) is 16.7. The van der Waals surface area contributed by atoms with E-state index in [2.05, 4.69) is 9.80 Å². The van der Waals surface area contributed by atoms with Crippen molar-refractivity contribution in [2.45, 2.75) is 50.5 Å². The quantitative estimate of drug-likeness (QED) is 0.695. The fraction of sp³-hybridized carbons (Fsp3) is 0.619. The normalized spacial score (nSPS) is 20.3. The zero-order chi connectivity index (χ0) is 19.3. The Morgan fingerprint density at radius 2 is 1.61 bits per heavy atom. The summed E-state index contributed by atoms with van der Waals surface area (Å²) in [5, 5.41) is 0. The summed E-state index contributed by atoms with van der Waals surface area (Å²) in [4.78, 5) is 29.1. The Labute approximate surface area is 166 Å². The van der Waals surface area contributed by atoms with Crippen molar-refractivity contribution in [1.82, 2.24) is 16.0 Å². The van der Waals surface area contributed by atoms with Crippen molar-refractivity contribution in [3.8, 4) is 0 Å². The first kappa shape index (κ1) is 22.5. The lowest BCUT2D eigenvalue weighted by Crippen LogP contribution is -2.63. The Morgan fingerprint density at radius 1 is 1.00 bits per heavy atom. The van der Waals surface area contributed by atoms with Crippen molar-refractivity contribution < 1.29 is 14.0 Å². The summed E-state index contributed by atoms with van der Waals surface area (Å²) in [6.45, 7) is 4.44. The highest BCUT2D eigenvalue weighted by atomic mass is 19.1. The molecule has 0 spiro atoms. The molecule has 5 N–H and O–H groups in total. The van der Waals surface area contributed by atoms with Gasteiger partial charge in [-0.05, 0) is 76.0 Å². The number of carbonyl (C=O) groups excluding carboxylic acids is 2. The van der Waals surface area contributed by atoms with Crippen LogP contribution in [0.2, 0.25) is 0 Å². The molecule has 1 aromatic rings. The number of amides is 1. The second-order valence-electron chi connectivity index (χ2n) is 7.82. The molecule has 2 saturated heterocycles. The molecule has 2 aliphatic heterocycles. The molecule has 2 fully saturated rings.